The molecule has 2 aromatic carbocycles. The van der Waals surface area contributed by atoms with Crippen molar-refractivity contribution in [2.24, 2.45) is 0 Å². The van der Waals surface area contributed by atoms with E-state index in [2.05, 4.69) is 47.9 Å². The third kappa shape index (κ3) is 9.67. The van der Waals surface area contributed by atoms with Crippen LogP contribution < -0.4 is 21.1 Å². The van der Waals surface area contributed by atoms with E-state index in [1.165, 1.54) is 4.90 Å². The molecule has 0 spiro atoms. The lowest BCUT2D eigenvalue weighted by Gasteiger charge is -2.25. The smallest absolute Gasteiger partial charge is 0.261 e. The van der Waals surface area contributed by atoms with E-state index in [0.29, 0.717) is 81.5 Å². The number of benzene rings is 2. The Labute approximate surface area is 320 Å². The summed E-state index contributed by atoms with van der Waals surface area (Å²) in [6, 6.07) is 36.3. The zero-order valence-electron chi connectivity index (χ0n) is 30.5. The number of carbonyl (C=O) groups excluding carboxylic acids is 2. The fraction of sp³-hybridized carbons (Fsp3) is 0.209. The number of carbonyl (C=O) groups is 2. The van der Waals surface area contributed by atoms with Gasteiger partial charge in [-0.15, -0.1) is 0 Å². The minimum atomic E-state index is -0.242. The first-order chi connectivity index (χ1) is 26.9. The summed E-state index contributed by atoms with van der Waals surface area (Å²) in [5.74, 6) is 1.97. The molecule has 12 nitrogen and oxygen atoms in total. The van der Waals surface area contributed by atoms with Gasteiger partial charge < -0.3 is 21.1 Å². The SMILES string of the molecule is Nc1cccc(CN(Cc2cc(CN(Cc3cccc(N)n3)c3ccccn3)cc(OCCCCN3C(=O)c4ccccc4C3=O)c2)Cc2ccccn2)n1. The molecule has 0 saturated heterocycles. The zero-order chi connectivity index (χ0) is 38.0. The van der Waals surface area contributed by atoms with Crippen LogP contribution in [0.15, 0.2) is 128 Å². The van der Waals surface area contributed by atoms with Gasteiger partial charge in [0.2, 0.25) is 0 Å². The summed E-state index contributed by atoms with van der Waals surface area (Å²) in [6.07, 6.45) is 4.85. The van der Waals surface area contributed by atoms with Crippen LogP contribution in [0, 0.1) is 0 Å². The fourth-order valence-electron chi connectivity index (χ4n) is 6.72. The normalized spacial score (nSPS) is 12.3. The maximum absolute atomic E-state index is 12.9. The number of aromatic nitrogens is 4. The van der Waals surface area contributed by atoms with Crippen molar-refractivity contribution in [2.45, 2.75) is 45.6 Å². The van der Waals surface area contributed by atoms with Crippen molar-refractivity contribution in [1.29, 1.82) is 0 Å². The lowest BCUT2D eigenvalue weighted by Crippen LogP contribution is -2.30. The average Bonchev–Trinajstić information content (AvgIpc) is 3.43. The van der Waals surface area contributed by atoms with Gasteiger partial charge in [-0.1, -0.05) is 42.5 Å². The van der Waals surface area contributed by atoms with Gasteiger partial charge in [-0.2, -0.15) is 0 Å². The Hall–Kier alpha value is -6.66. The van der Waals surface area contributed by atoms with Gasteiger partial charge in [-0.3, -0.25) is 24.4 Å². The van der Waals surface area contributed by atoms with Gasteiger partial charge in [0.1, 0.15) is 23.2 Å². The number of pyridine rings is 4. The summed E-state index contributed by atoms with van der Waals surface area (Å²) in [4.78, 5) is 49.9. The number of rotatable bonds is 17. The first-order valence-corrected chi connectivity index (χ1v) is 18.3. The minimum absolute atomic E-state index is 0.242. The number of nitrogens with two attached hydrogens (primary N) is 2. The van der Waals surface area contributed by atoms with Crippen LogP contribution in [0.4, 0.5) is 17.5 Å². The number of ether oxygens (including phenoxy) is 1. The van der Waals surface area contributed by atoms with E-state index in [1.54, 1.807) is 48.8 Å². The molecule has 6 aromatic rings. The number of nitrogen functional groups attached to an aromatic ring is 2. The highest BCUT2D eigenvalue weighted by atomic mass is 16.5. The maximum atomic E-state index is 12.9. The Balaban J connectivity index is 1.12. The molecule has 0 saturated carbocycles. The van der Waals surface area contributed by atoms with E-state index in [4.69, 9.17) is 16.2 Å². The highest BCUT2D eigenvalue weighted by Gasteiger charge is 2.34. The van der Waals surface area contributed by atoms with Crippen molar-refractivity contribution in [3.8, 4) is 5.75 Å². The van der Waals surface area contributed by atoms with Gasteiger partial charge in [0.15, 0.2) is 0 Å². The number of imide groups is 1. The van der Waals surface area contributed by atoms with Gasteiger partial charge in [-0.25, -0.2) is 15.0 Å². The number of fused-ring (bicyclic) bond motifs is 1. The Morgan fingerprint density at radius 1 is 0.582 bits per heavy atom. The van der Waals surface area contributed by atoms with Crippen LogP contribution in [0.3, 0.4) is 0 Å². The summed E-state index contributed by atoms with van der Waals surface area (Å²) >= 11 is 0. The topological polar surface area (TPSA) is 157 Å². The lowest BCUT2D eigenvalue weighted by molar-refractivity contribution is 0.0649. The third-order valence-corrected chi connectivity index (χ3v) is 9.21. The first-order valence-electron chi connectivity index (χ1n) is 18.3. The van der Waals surface area contributed by atoms with E-state index in [9.17, 15) is 9.59 Å². The van der Waals surface area contributed by atoms with E-state index < -0.39 is 0 Å². The highest BCUT2D eigenvalue weighted by Crippen LogP contribution is 2.26. The molecular weight excluding hydrogens is 691 g/mol. The number of hydrogen-bond donors (Lipinski definition) is 2. The Morgan fingerprint density at radius 3 is 1.82 bits per heavy atom. The van der Waals surface area contributed by atoms with Crippen molar-refractivity contribution in [3.63, 3.8) is 0 Å². The molecule has 4 N–H and O–H groups in total. The molecule has 4 aromatic heterocycles. The van der Waals surface area contributed by atoms with Crippen molar-refractivity contribution in [3.05, 3.63) is 167 Å². The molecule has 2 amide bonds. The summed E-state index contributed by atoms with van der Waals surface area (Å²) in [6.45, 7) is 3.49. The summed E-state index contributed by atoms with van der Waals surface area (Å²) in [7, 11) is 0. The monoisotopic (exact) mass is 733 g/mol. The van der Waals surface area contributed by atoms with E-state index in [-0.39, 0.29) is 11.8 Å². The highest BCUT2D eigenvalue weighted by molar-refractivity contribution is 6.21. The van der Waals surface area contributed by atoms with E-state index in [1.807, 2.05) is 60.7 Å². The second kappa shape index (κ2) is 17.4. The van der Waals surface area contributed by atoms with Crippen molar-refractivity contribution < 1.29 is 14.3 Å². The molecular formula is C43H43N9O3. The Bertz CT molecular complexity index is 2200. The molecule has 5 heterocycles. The van der Waals surface area contributed by atoms with Gasteiger partial charge in [-0.05, 0) is 96.8 Å². The predicted octanol–water partition coefficient (Wildman–Crippen LogP) is 6.30. The van der Waals surface area contributed by atoms with Crippen molar-refractivity contribution in [1.82, 2.24) is 29.7 Å². The fourth-order valence-corrected chi connectivity index (χ4v) is 6.72. The van der Waals surface area contributed by atoms with Crippen LogP contribution in [0.25, 0.3) is 0 Å². The van der Waals surface area contributed by atoms with Crippen LogP contribution in [0.1, 0.15) is 61.8 Å². The molecule has 0 bridgehead atoms. The van der Waals surface area contributed by atoms with E-state index in [0.717, 1.165) is 39.8 Å². The molecule has 1 aliphatic heterocycles. The molecule has 7 rings (SSSR count). The Kier molecular flexibility index (Phi) is 11.6. The molecule has 12 heteroatoms. The van der Waals surface area contributed by atoms with Crippen LogP contribution in [0.2, 0.25) is 0 Å². The zero-order valence-corrected chi connectivity index (χ0v) is 30.5. The summed E-state index contributed by atoms with van der Waals surface area (Å²) < 4.78 is 6.41. The number of amides is 2. The average molecular weight is 734 g/mol. The maximum Gasteiger partial charge on any atom is 0.261 e. The van der Waals surface area contributed by atoms with Crippen molar-refractivity contribution >= 4 is 29.3 Å². The van der Waals surface area contributed by atoms with Crippen molar-refractivity contribution in [2.75, 3.05) is 29.5 Å². The molecule has 0 atom stereocenters. The summed E-state index contributed by atoms with van der Waals surface area (Å²) in [5.41, 5.74) is 17.7. The molecule has 1 aliphatic rings. The van der Waals surface area contributed by atoms with Crippen LogP contribution in [-0.4, -0.2) is 54.7 Å². The molecule has 278 valence electrons. The third-order valence-electron chi connectivity index (χ3n) is 9.21. The van der Waals surface area contributed by atoms with Gasteiger partial charge >= 0.3 is 0 Å². The lowest BCUT2D eigenvalue weighted by atomic mass is 10.1. The van der Waals surface area contributed by atoms with Gasteiger partial charge in [0.05, 0.1) is 41.4 Å². The molecule has 0 radical (unpaired) electrons. The second-order valence-corrected chi connectivity index (χ2v) is 13.5. The van der Waals surface area contributed by atoms with E-state index >= 15 is 0 Å². The molecule has 0 aliphatic carbocycles. The number of nitrogens with zero attached hydrogens (tertiary/aromatic N) is 7. The molecule has 55 heavy (non-hydrogen) atoms. The largest absolute Gasteiger partial charge is 0.494 e. The predicted molar refractivity (Wildman–Crippen MR) is 212 cm³/mol. The number of hydrogen-bond acceptors (Lipinski definition) is 11. The number of anilines is 3. The molecule has 0 unspecified atom stereocenters. The standard InChI is InChI=1S/C43H43N9O3/c44-39-16-9-12-34(48-39)29-50(28-33-11-3-5-19-46-33)26-31-23-32(27-51(41-18-4-6-20-47-41)30-35-13-10-17-40(45)49-35)25-36(24-31)55-22-8-7-21-52-42(53)37-14-1-2-15-38(37)43(52)54/h1-6,9-20,23-25H,7-8,21-22,26-30H2,(H2,44,48)(H2,45,49). The van der Waals surface area contributed by atoms with Crippen LogP contribution in [-0.2, 0) is 32.7 Å². The quantitative estimate of drug-likeness (QED) is 0.0802. The summed E-state index contributed by atoms with van der Waals surface area (Å²) in [5, 5.41) is 0. The Morgan fingerprint density at radius 2 is 1.18 bits per heavy atom. The number of unbranched alkanes of at least 4 members (excludes halogenated alkanes) is 1. The second-order valence-electron chi connectivity index (χ2n) is 13.5. The van der Waals surface area contributed by atoms with Crippen LogP contribution >= 0.6 is 0 Å². The van der Waals surface area contributed by atoms with Gasteiger partial charge in [0, 0.05) is 45.1 Å². The van der Waals surface area contributed by atoms with Gasteiger partial charge in [0.25, 0.3) is 11.8 Å². The van der Waals surface area contributed by atoms with Crippen LogP contribution in [0.5, 0.6) is 5.75 Å². The molecule has 0 fully saturated rings. The minimum Gasteiger partial charge on any atom is -0.494 e. The first kappa shape index (κ1) is 36.7.